The highest BCUT2D eigenvalue weighted by Crippen LogP contribution is 2.37. The van der Waals surface area contributed by atoms with Crippen molar-refractivity contribution in [1.29, 1.82) is 0 Å². The number of benzene rings is 2. The van der Waals surface area contributed by atoms with E-state index in [1.807, 2.05) is 0 Å². The van der Waals surface area contributed by atoms with E-state index >= 15 is 0 Å². The fraction of sp³-hybridized carbons (Fsp3) is 0.294. The van der Waals surface area contributed by atoms with Crippen molar-refractivity contribution in [3.8, 4) is 23.0 Å². The number of nitrogens with zero attached hydrogens (tertiary/aromatic N) is 2. The van der Waals surface area contributed by atoms with Gasteiger partial charge < -0.3 is 20.3 Å². The normalized spacial score (nSPS) is 15.3. The number of rotatable bonds is 5. The monoisotopic (exact) mass is 409 g/mol. The third-order valence-corrected chi connectivity index (χ3v) is 6.18. The van der Waals surface area contributed by atoms with Crippen LogP contribution in [0.3, 0.4) is 0 Å². The van der Waals surface area contributed by atoms with Crippen LogP contribution in [0, 0.1) is 17.0 Å². The Bertz CT molecular complexity index is 997. The predicted molar refractivity (Wildman–Crippen MR) is 99.3 cm³/mol. The molecule has 0 aromatic heterocycles. The van der Waals surface area contributed by atoms with Crippen LogP contribution < -0.4 is 10.1 Å². The van der Waals surface area contributed by atoms with Crippen molar-refractivity contribution < 1.29 is 28.3 Å². The summed E-state index contributed by atoms with van der Waals surface area (Å²) in [6, 6.07) is 5.71. The Morgan fingerprint density at radius 3 is 2.29 bits per heavy atom. The molecule has 1 aliphatic rings. The van der Waals surface area contributed by atoms with Gasteiger partial charge in [-0.05, 0) is 13.0 Å². The van der Waals surface area contributed by atoms with E-state index in [-0.39, 0.29) is 52.2 Å². The van der Waals surface area contributed by atoms with Crippen LogP contribution in [0.2, 0.25) is 0 Å². The van der Waals surface area contributed by atoms with Gasteiger partial charge in [-0.2, -0.15) is 4.31 Å². The maximum absolute atomic E-state index is 13.1. The maximum Gasteiger partial charge on any atom is 0.273 e. The molecule has 1 heterocycles. The first-order chi connectivity index (χ1) is 13.2. The molecule has 0 unspecified atom stereocenters. The lowest BCUT2D eigenvalue weighted by Gasteiger charge is -2.27. The second-order valence-electron chi connectivity index (χ2n) is 6.28. The smallest absolute Gasteiger partial charge is 0.273 e. The molecule has 1 fully saturated rings. The lowest BCUT2D eigenvalue weighted by Crippen LogP contribution is -2.46. The van der Waals surface area contributed by atoms with Crippen LogP contribution in [-0.4, -0.2) is 54.0 Å². The number of phenolic OH excluding ortho intramolecular Hbond substituents is 2. The summed E-state index contributed by atoms with van der Waals surface area (Å²) in [7, 11) is -4.07. The first-order valence-corrected chi connectivity index (χ1v) is 9.83. The Balaban J connectivity index is 2.12. The summed E-state index contributed by atoms with van der Waals surface area (Å²) in [5.74, 6) is -0.700. The molecular formula is C17H19N3O7S. The van der Waals surface area contributed by atoms with Gasteiger partial charge in [0.05, 0.1) is 4.92 Å². The van der Waals surface area contributed by atoms with Gasteiger partial charge in [0.25, 0.3) is 5.69 Å². The molecule has 0 bridgehead atoms. The minimum Gasteiger partial charge on any atom is -0.508 e. The molecule has 3 rings (SSSR count). The third kappa shape index (κ3) is 4.01. The van der Waals surface area contributed by atoms with Crippen molar-refractivity contribution in [2.45, 2.75) is 11.8 Å². The molecule has 150 valence electrons. The molecule has 0 saturated carbocycles. The summed E-state index contributed by atoms with van der Waals surface area (Å²) in [6.07, 6.45) is 0. The number of hydrogen-bond donors (Lipinski definition) is 3. The minimum atomic E-state index is -4.07. The molecule has 0 aliphatic carbocycles. The molecule has 10 nitrogen and oxygen atoms in total. The van der Waals surface area contributed by atoms with Crippen LogP contribution >= 0.6 is 0 Å². The Kier molecular flexibility index (Phi) is 5.40. The molecule has 2 aromatic rings. The summed E-state index contributed by atoms with van der Waals surface area (Å²) >= 11 is 0. The van der Waals surface area contributed by atoms with Gasteiger partial charge in [0, 0.05) is 56.0 Å². The topological polar surface area (TPSA) is 142 Å². The third-order valence-electron chi connectivity index (χ3n) is 4.26. The van der Waals surface area contributed by atoms with Gasteiger partial charge in [0.1, 0.15) is 27.9 Å². The van der Waals surface area contributed by atoms with E-state index in [0.717, 1.165) is 12.1 Å². The quantitative estimate of drug-likeness (QED) is 0.500. The lowest BCUT2D eigenvalue weighted by molar-refractivity contribution is -0.385. The molecule has 0 atom stereocenters. The van der Waals surface area contributed by atoms with Crippen LogP contribution in [0.1, 0.15) is 5.56 Å². The standard InChI is InChI=1S/C17H19N3O7S/c1-11-6-16(27-14-8-12(21)7-13(22)9-14)17(10-15(11)20(23)24)28(25,26)19-4-2-18-3-5-19/h6-10,18,21-22H,2-5H2,1H3. The SMILES string of the molecule is Cc1cc(Oc2cc(O)cc(O)c2)c(S(=O)(=O)N2CCNCC2)cc1[N+](=O)[O-]. The number of phenols is 2. The molecule has 0 spiro atoms. The van der Waals surface area contributed by atoms with Gasteiger partial charge in [-0.1, -0.05) is 0 Å². The van der Waals surface area contributed by atoms with E-state index in [1.165, 1.54) is 29.4 Å². The summed E-state index contributed by atoms with van der Waals surface area (Å²) < 4.78 is 33.1. The highest BCUT2D eigenvalue weighted by Gasteiger charge is 2.32. The maximum atomic E-state index is 13.1. The van der Waals surface area contributed by atoms with Gasteiger partial charge in [0.15, 0.2) is 0 Å². The zero-order chi connectivity index (χ0) is 20.5. The molecule has 2 aromatic carbocycles. The van der Waals surface area contributed by atoms with Gasteiger partial charge >= 0.3 is 0 Å². The number of ether oxygens (including phenoxy) is 1. The number of sulfonamides is 1. The Labute approximate surface area is 161 Å². The highest BCUT2D eigenvalue weighted by molar-refractivity contribution is 7.89. The summed E-state index contributed by atoms with van der Waals surface area (Å²) in [5.41, 5.74) is -0.136. The van der Waals surface area contributed by atoms with Crippen LogP contribution in [0.4, 0.5) is 5.69 Å². The molecule has 28 heavy (non-hydrogen) atoms. The number of nitrogens with one attached hydrogen (secondary N) is 1. The van der Waals surface area contributed by atoms with Gasteiger partial charge in [-0.15, -0.1) is 0 Å². The van der Waals surface area contributed by atoms with Crippen molar-refractivity contribution in [2.24, 2.45) is 0 Å². The Morgan fingerprint density at radius 1 is 1.11 bits per heavy atom. The lowest BCUT2D eigenvalue weighted by atomic mass is 10.2. The predicted octanol–water partition coefficient (Wildman–Crippen LogP) is 1.70. The van der Waals surface area contributed by atoms with E-state index in [1.54, 1.807) is 0 Å². The van der Waals surface area contributed by atoms with Crippen molar-refractivity contribution in [2.75, 3.05) is 26.2 Å². The fourth-order valence-electron chi connectivity index (χ4n) is 2.91. The van der Waals surface area contributed by atoms with E-state index in [2.05, 4.69) is 5.32 Å². The number of nitro benzene ring substituents is 1. The van der Waals surface area contributed by atoms with E-state index in [4.69, 9.17) is 4.74 Å². The first kappa shape index (κ1) is 19.9. The van der Waals surface area contributed by atoms with Crippen molar-refractivity contribution in [3.05, 3.63) is 46.0 Å². The first-order valence-electron chi connectivity index (χ1n) is 8.39. The van der Waals surface area contributed by atoms with Gasteiger partial charge in [0.2, 0.25) is 10.0 Å². The minimum absolute atomic E-state index is 0.0116. The summed E-state index contributed by atoms with van der Waals surface area (Å²) in [6.45, 7) is 2.83. The molecule has 0 amide bonds. The average Bonchev–Trinajstić information content (AvgIpc) is 2.61. The number of piperazine rings is 1. The summed E-state index contributed by atoms with van der Waals surface area (Å²) in [5, 5.41) is 33.6. The molecule has 1 saturated heterocycles. The molecule has 0 radical (unpaired) electrons. The fourth-order valence-corrected chi connectivity index (χ4v) is 4.46. The number of hydrogen-bond acceptors (Lipinski definition) is 8. The van der Waals surface area contributed by atoms with Gasteiger partial charge in [-0.3, -0.25) is 10.1 Å². The van der Waals surface area contributed by atoms with Crippen molar-refractivity contribution in [1.82, 2.24) is 9.62 Å². The van der Waals surface area contributed by atoms with Crippen molar-refractivity contribution in [3.63, 3.8) is 0 Å². The van der Waals surface area contributed by atoms with Crippen LogP contribution in [0.5, 0.6) is 23.0 Å². The number of aromatic hydroxyl groups is 2. The number of aryl methyl sites for hydroxylation is 1. The molecule has 11 heteroatoms. The van der Waals surface area contributed by atoms with Gasteiger partial charge in [-0.25, -0.2) is 8.42 Å². The molecule has 3 N–H and O–H groups in total. The second-order valence-corrected chi connectivity index (χ2v) is 8.19. The van der Waals surface area contributed by atoms with E-state index in [9.17, 15) is 28.7 Å². The Hall–Kier alpha value is -2.89. The second kappa shape index (κ2) is 7.62. The Morgan fingerprint density at radius 2 is 1.71 bits per heavy atom. The van der Waals surface area contributed by atoms with E-state index in [0.29, 0.717) is 13.1 Å². The largest absolute Gasteiger partial charge is 0.508 e. The number of nitro groups is 1. The van der Waals surface area contributed by atoms with Crippen LogP contribution in [0.15, 0.2) is 35.2 Å². The van der Waals surface area contributed by atoms with E-state index < -0.39 is 14.9 Å². The van der Waals surface area contributed by atoms with Crippen LogP contribution in [0.25, 0.3) is 0 Å². The van der Waals surface area contributed by atoms with Crippen LogP contribution in [-0.2, 0) is 10.0 Å². The molecule has 1 aliphatic heterocycles. The molecular weight excluding hydrogens is 390 g/mol. The summed E-state index contributed by atoms with van der Waals surface area (Å²) in [4.78, 5) is 10.3. The average molecular weight is 409 g/mol. The highest BCUT2D eigenvalue weighted by atomic mass is 32.2. The zero-order valence-corrected chi connectivity index (χ0v) is 15.8. The zero-order valence-electron chi connectivity index (χ0n) is 15.0. The van der Waals surface area contributed by atoms with Crippen molar-refractivity contribution >= 4 is 15.7 Å².